The molecule has 4 N–H and O–H groups in total. The van der Waals surface area contributed by atoms with E-state index in [4.69, 9.17) is 9.47 Å². The molecule has 0 spiro atoms. The molecule has 1 heterocycles. The van der Waals surface area contributed by atoms with E-state index >= 15 is 0 Å². The molecule has 1 aromatic heterocycles. The SMILES string of the molecule is CCCCCOc1ccc(OCC(O)CNCCNc2cn[nH]c(=O)c2Br)cc1. The predicted molar refractivity (Wildman–Crippen MR) is 117 cm³/mol. The Hall–Kier alpha value is -2.10. The number of anilines is 1. The Morgan fingerprint density at radius 2 is 1.90 bits per heavy atom. The second kappa shape index (κ2) is 13.2. The van der Waals surface area contributed by atoms with Crippen molar-refractivity contribution in [3.05, 3.63) is 45.3 Å². The van der Waals surface area contributed by atoms with Crippen molar-refractivity contribution in [1.29, 1.82) is 0 Å². The molecule has 160 valence electrons. The number of ether oxygens (including phenoxy) is 2. The molecule has 0 amide bonds. The molecular formula is C20H29BrN4O4. The molecule has 0 aliphatic rings. The standard InChI is InChI=1S/C20H29BrN4O4/c1-2-3-4-11-28-16-5-7-17(8-6-16)29-14-15(26)12-22-9-10-23-18-13-24-25-20(27)19(18)21/h5-8,13,15,22,26H,2-4,9-12,14H2,1H3,(H2,23,25,27). The highest BCUT2D eigenvalue weighted by molar-refractivity contribution is 9.10. The maximum atomic E-state index is 11.4. The quantitative estimate of drug-likeness (QED) is 0.315. The van der Waals surface area contributed by atoms with E-state index in [1.807, 2.05) is 24.3 Å². The van der Waals surface area contributed by atoms with Gasteiger partial charge in [0.15, 0.2) is 0 Å². The molecule has 0 fully saturated rings. The van der Waals surface area contributed by atoms with Crippen LogP contribution < -0.4 is 25.7 Å². The molecular weight excluding hydrogens is 440 g/mol. The summed E-state index contributed by atoms with van der Waals surface area (Å²) in [7, 11) is 0. The zero-order valence-electron chi connectivity index (χ0n) is 16.6. The molecule has 1 unspecified atom stereocenters. The molecule has 0 aliphatic carbocycles. The summed E-state index contributed by atoms with van der Waals surface area (Å²) in [6, 6.07) is 7.43. The van der Waals surface area contributed by atoms with E-state index in [1.165, 1.54) is 19.0 Å². The van der Waals surface area contributed by atoms with E-state index in [1.54, 1.807) is 0 Å². The van der Waals surface area contributed by atoms with E-state index in [2.05, 4.69) is 43.7 Å². The van der Waals surface area contributed by atoms with E-state index in [0.717, 1.165) is 18.8 Å². The van der Waals surface area contributed by atoms with Crippen LogP contribution in [0.4, 0.5) is 5.69 Å². The fourth-order valence-corrected chi connectivity index (χ4v) is 2.82. The van der Waals surface area contributed by atoms with Crippen LogP contribution in [-0.4, -0.2) is 54.3 Å². The van der Waals surface area contributed by atoms with Gasteiger partial charge < -0.3 is 25.2 Å². The summed E-state index contributed by atoms with van der Waals surface area (Å²) in [5, 5.41) is 22.3. The summed E-state index contributed by atoms with van der Waals surface area (Å²) in [6.07, 6.45) is 4.31. The number of nitrogens with zero attached hydrogens (tertiary/aromatic N) is 1. The lowest BCUT2D eigenvalue weighted by molar-refractivity contribution is 0.107. The van der Waals surface area contributed by atoms with Crippen LogP contribution >= 0.6 is 15.9 Å². The van der Waals surface area contributed by atoms with Crippen molar-refractivity contribution in [2.45, 2.75) is 32.3 Å². The van der Waals surface area contributed by atoms with Gasteiger partial charge >= 0.3 is 0 Å². The van der Waals surface area contributed by atoms with Gasteiger partial charge in [-0.15, -0.1) is 0 Å². The summed E-state index contributed by atoms with van der Waals surface area (Å²) in [5.74, 6) is 1.52. The Bertz CT molecular complexity index is 770. The van der Waals surface area contributed by atoms with Gasteiger partial charge in [0.2, 0.25) is 0 Å². The minimum atomic E-state index is -0.632. The molecule has 0 radical (unpaired) electrons. The summed E-state index contributed by atoms with van der Waals surface area (Å²) < 4.78 is 11.7. The average molecular weight is 469 g/mol. The highest BCUT2D eigenvalue weighted by Gasteiger charge is 2.06. The first-order chi connectivity index (χ1) is 14.1. The van der Waals surface area contributed by atoms with Crippen LogP contribution in [0.5, 0.6) is 11.5 Å². The minimum absolute atomic E-state index is 0.195. The number of rotatable bonds is 14. The maximum Gasteiger partial charge on any atom is 0.280 e. The van der Waals surface area contributed by atoms with Gasteiger partial charge in [-0.25, -0.2) is 5.10 Å². The largest absolute Gasteiger partial charge is 0.494 e. The Balaban J connectivity index is 1.58. The van der Waals surface area contributed by atoms with Crippen molar-refractivity contribution >= 4 is 21.6 Å². The van der Waals surface area contributed by atoms with Crippen molar-refractivity contribution < 1.29 is 14.6 Å². The van der Waals surface area contributed by atoms with E-state index in [9.17, 15) is 9.90 Å². The van der Waals surface area contributed by atoms with Crippen LogP contribution in [0.15, 0.2) is 39.7 Å². The normalized spacial score (nSPS) is 11.8. The van der Waals surface area contributed by atoms with Crippen LogP contribution in [-0.2, 0) is 0 Å². The first-order valence-corrected chi connectivity index (χ1v) is 10.6. The highest BCUT2D eigenvalue weighted by atomic mass is 79.9. The number of benzene rings is 1. The van der Waals surface area contributed by atoms with Crippen molar-refractivity contribution in [3.63, 3.8) is 0 Å². The zero-order valence-corrected chi connectivity index (χ0v) is 18.2. The monoisotopic (exact) mass is 468 g/mol. The number of aromatic amines is 1. The third-order valence-corrected chi connectivity index (χ3v) is 4.86. The van der Waals surface area contributed by atoms with Gasteiger partial charge in [-0.05, 0) is 46.6 Å². The van der Waals surface area contributed by atoms with Gasteiger partial charge in [0.1, 0.15) is 28.7 Å². The fourth-order valence-electron chi connectivity index (χ4n) is 2.49. The third-order valence-electron chi connectivity index (χ3n) is 4.08. The van der Waals surface area contributed by atoms with Crippen molar-refractivity contribution in [1.82, 2.24) is 15.5 Å². The van der Waals surface area contributed by atoms with Crippen LogP contribution in [0.1, 0.15) is 26.2 Å². The number of hydrogen-bond donors (Lipinski definition) is 4. The molecule has 2 aromatic rings. The predicted octanol–water partition coefficient (Wildman–Crippen LogP) is 2.54. The fraction of sp³-hybridized carbons (Fsp3) is 0.500. The van der Waals surface area contributed by atoms with E-state index in [0.29, 0.717) is 35.5 Å². The second-order valence-corrected chi connectivity index (χ2v) is 7.34. The topological polar surface area (TPSA) is 108 Å². The molecule has 0 saturated carbocycles. The van der Waals surface area contributed by atoms with Crippen LogP contribution in [0, 0.1) is 0 Å². The molecule has 8 nitrogen and oxygen atoms in total. The van der Waals surface area contributed by atoms with Crippen molar-refractivity contribution in [3.8, 4) is 11.5 Å². The number of nitrogens with one attached hydrogen (secondary N) is 3. The first kappa shape index (κ1) is 23.2. The minimum Gasteiger partial charge on any atom is -0.494 e. The number of halogens is 1. The highest BCUT2D eigenvalue weighted by Crippen LogP contribution is 2.18. The van der Waals surface area contributed by atoms with Gasteiger partial charge in [0.05, 0.1) is 18.5 Å². The Labute approximate surface area is 179 Å². The third kappa shape index (κ3) is 8.84. The summed E-state index contributed by atoms with van der Waals surface area (Å²) in [5.41, 5.74) is 0.337. The van der Waals surface area contributed by atoms with Crippen molar-refractivity contribution in [2.24, 2.45) is 0 Å². The molecule has 0 aliphatic heterocycles. The number of aliphatic hydroxyl groups is 1. The van der Waals surface area contributed by atoms with E-state index in [-0.39, 0.29) is 12.2 Å². The summed E-state index contributed by atoms with van der Waals surface area (Å²) in [4.78, 5) is 11.4. The van der Waals surface area contributed by atoms with Crippen LogP contribution in [0.25, 0.3) is 0 Å². The first-order valence-electron chi connectivity index (χ1n) is 9.81. The molecule has 9 heteroatoms. The van der Waals surface area contributed by atoms with Crippen LogP contribution in [0.3, 0.4) is 0 Å². The smallest absolute Gasteiger partial charge is 0.280 e. The molecule has 2 rings (SSSR count). The Morgan fingerprint density at radius 1 is 1.17 bits per heavy atom. The van der Waals surface area contributed by atoms with E-state index < -0.39 is 6.10 Å². The second-order valence-electron chi connectivity index (χ2n) is 6.55. The number of unbranched alkanes of at least 4 members (excludes halogenated alkanes) is 2. The lowest BCUT2D eigenvalue weighted by atomic mass is 10.3. The molecule has 1 atom stereocenters. The van der Waals surface area contributed by atoms with Crippen LogP contribution in [0.2, 0.25) is 0 Å². The lowest BCUT2D eigenvalue weighted by Crippen LogP contribution is -2.34. The average Bonchev–Trinajstić information content (AvgIpc) is 2.73. The summed E-state index contributed by atoms with van der Waals surface area (Å²) >= 11 is 3.21. The Morgan fingerprint density at radius 3 is 2.62 bits per heavy atom. The van der Waals surface area contributed by atoms with Gasteiger partial charge in [-0.2, -0.15) is 5.10 Å². The maximum absolute atomic E-state index is 11.4. The number of H-pyrrole nitrogens is 1. The number of hydrogen-bond acceptors (Lipinski definition) is 7. The lowest BCUT2D eigenvalue weighted by Gasteiger charge is -2.14. The molecule has 0 bridgehead atoms. The molecule has 29 heavy (non-hydrogen) atoms. The van der Waals surface area contributed by atoms with Gasteiger partial charge in [-0.3, -0.25) is 4.79 Å². The Kier molecular flexibility index (Phi) is 10.5. The number of aliphatic hydroxyl groups excluding tert-OH is 1. The van der Waals surface area contributed by atoms with Gasteiger partial charge in [-0.1, -0.05) is 19.8 Å². The van der Waals surface area contributed by atoms with Crippen molar-refractivity contribution in [2.75, 3.05) is 38.2 Å². The van der Waals surface area contributed by atoms with Gasteiger partial charge in [0, 0.05) is 19.6 Å². The van der Waals surface area contributed by atoms with Gasteiger partial charge in [0.25, 0.3) is 5.56 Å². The molecule has 0 saturated heterocycles. The zero-order chi connectivity index (χ0) is 20.9. The number of aromatic nitrogens is 2. The molecule has 1 aromatic carbocycles. The summed E-state index contributed by atoms with van der Waals surface area (Å²) in [6.45, 7) is 4.67.